The summed E-state index contributed by atoms with van der Waals surface area (Å²) in [6.07, 6.45) is 1.63. The van der Waals surface area contributed by atoms with E-state index in [4.69, 9.17) is 18.0 Å². The number of esters is 1. The van der Waals surface area contributed by atoms with Crippen LogP contribution in [0.15, 0.2) is 18.3 Å². The number of pyridine rings is 1. The molecule has 0 aliphatic carbocycles. The van der Waals surface area contributed by atoms with Gasteiger partial charge in [0, 0.05) is 44.6 Å². The number of hydrogen-bond donors (Lipinski definition) is 1. The van der Waals surface area contributed by atoms with Gasteiger partial charge in [0.2, 0.25) is 0 Å². The van der Waals surface area contributed by atoms with Crippen LogP contribution in [0.25, 0.3) is 0 Å². The van der Waals surface area contributed by atoms with Crippen LogP contribution in [0.2, 0.25) is 0 Å². The van der Waals surface area contributed by atoms with E-state index in [0.717, 1.165) is 31.9 Å². The van der Waals surface area contributed by atoms with Gasteiger partial charge in [-0.15, -0.1) is 0 Å². The van der Waals surface area contributed by atoms with Crippen molar-refractivity contribution in [2.24, 2.45) is 5.73 Å². The first-order valence-corrected chi connectivity index (χ1v) is 6.81. The molecule has 1 aromatic heterocycles. The van der Waals surface area contributed by atoms with Gasteiger partial charge in [-0.2, -0.15) is 0 Å². The molecule has 7 heteroatoms. The molecule has 0 bridgehead atoms. The van der Waals surface area contributed by atoms with E-state index < -0.39 is 5.97 Å². The molecule has 20 heavy (non-hydrogen) atoms. The topological polar surface area (TPSA) is 71.7 Å². The lowest BCUT2D eigenvalue weighted by Gasteiger charge is -2.35. The van der Waals surface area contributed by atoms with Crippen molar-refractivity contribution in [3.05, 3.63) is 24.0 Å². The molecular formula is C13H18N4O2S. The lowest BCUT2D eigenvalue weighted by Crippen LogP contribution is -2.48. The molecule has 0 aromatic carbocycles. The molecule has 0 spiro atoms. The quantitative estimate of drug-likeness (QED) is 0.631. The highest BCUT2D eigenvalue weighted by atomic mass is 32.1. The summed E-state index contributed by atoms with van der Waals surface area (Å²) < 4.78 is 4.68. The number of aromatic nitrogens is 1. The number of ether oxygens (including phenoxy) is 1. The second-order valence-corrected chi connectivity index (χ2v) is 5.14. The third kappa shape index (κ3) is 3.64. The van der Waals surface area contributed by atoms with Gasteiger partial charge in [0.25, 0.3) is 0 Å². The maximum Gasteiger partial charge on any atom is 0.356 e. The van der Waals surface area contributed by atoms with Gasteiger partial charge in [-0.1, -0.05) is 12.2 Å². The average Bonchev–Trinajstić information content (AvgIpc) is 2.47. The first-order chi connectivity index (χ1) is 9.60. The number of methoxy groups -OCH3 is 1. The monoisotopic (exact) mass is 294 g/mol. The minimum atomic E-state index is -0.418. The van der Waals surface area contributed by atoms with Crippen LogP contribution in [-0.4, -0.2) is 60.7 Å². The van der Waals surface area contributed by atoms with Gasteiger partial charge >= 0.3 is 5.97 Å². The number of carbonyl (C=O) groups excluding carboxylic acids is 1. The van der Waals surface area contributed by atoms with E-state index in [1.54, 1.807) is 12.3 Å². The van der Waals surface area contributed by atoms with Crippen LogP contribution in [0.1, 0.15) is 10.5 Å². The summed E-state index contributed by atoms with van der Waals surface area (Å²) in [7, 11) is 1.35. The Morgan fingerprint density at radius 2 is 2.15 bits per heavy atom. The summed E-state index contributed by atoms with van der Waals surface area (Å²) in [6, 6.07) is 3.66. The molecule has 1 aliphatic heterocycles. The lowest BCUT2D eigenvalue weighted by molar-refractivity contribution is 0.0594. The predicted molar refractivity (Wildman–Crippen MR) is 81.0 cm³/mol. The molecule has 1 fully saturated rings. The maximum absolute atomic E-state index is 11.5. The van der Waals surface area contributed by atoms with E-state index in [1.165, 1.54) is 7.11 Å². The van der Waals surface area contributed by atoms with Gasteiger partial charge in [-0.3, -0.25) is 4.90 Å². The third-order valence-electron chi connectivity index (χ3n) is 3.25. The molecule has 0 saturated carbocycles. The van der Waals surface area contributed by atoms with E-state index >= 15 is 0 Å². The first kappa shape index (κ1) is 14.7. The largest absolute Gasteiger partial charge is 0.464 e. The molecular weight excluding hydrogens is 276 g/mol. The summed E-state index contributed by atoms with van der Waals surface area (Å²) >= 11 is 4.92. The van der Waals surface area contributed by atoms with Crippen LogP contribution in [0.4, 0.5) is 5.69 Å². The summed E-state index contributed by atoms with van der Waals surface area (Å²) in [6.45, 7) is 4.19. The predicted octanol–water partition coefficient (Wildman–Crippen LogP) is 0.276. The zero-order chi connectivity index (χ0) is 14.5. The number of nitrogens with two attached hydrogens (primary N) is 1. The summed E-state index contributed by atoms with van der Waals surface area (Å²) in [5, 5.41) is 0. The fourth-order valence-corrected chi connectivity index (χ4v) is 2.40. The lowest BCUT2D eigenvalue weighted by atomic mass is 10.2. The molecule has 1 saturated heterocycles. The van der Waals surface area contributed by atoms with E-state index in [9.17, 15) is 4.79 Å². The Morgan fingerprint density at radius 3 is 2.75 bits per heavy atom. The number of rotatable bonds is 4. The van der Waals surface area contributed by atoms with Gasteiger partial charge < -0.3 is 15.4 Å². The van der Waals surface area contributed by atoms with E-state index in [1.807, 2.05) is 6.07 Å². The van der Waals surface area contributed by atoms with Crippen LogP contribution in [-0.2, 0) is 4.74 Å². The summed E-state index contributed by atoms with van der Waals surface area (Å²) in [5.41, 5.74) is 6.87. The molecule has 2 rings (SSSR count). The van der Waals surface area contributed by atoms with Gasteiger partial charge in [0.05, 0.1) is 12.1 Å². The van der Waals surface area contributed by atoms with Crippen molar-refractivity contribution in [1.82, 2.24) is 9.88 Å². The normalized spacial score (nSPS) is 15.9. The molecule has 6 nitrogen and oxygen atoms in total. The van der Waals surface area contributed by atoms with Gasteiger partial charge in [-0.05, 0) is 12.1 Å². The van der Waals surface area contributed by atoms with Gasteiger partial charge in [-0.25, -0.2) is 9.78 Å². The highest BCUT2D eigenvalue weighted by Gasteiger charge is 2.18. The van der Waals surface area contributed by atoms with Crippen LogP contribution in [0, 0.1) is 0 Å². The molecule has 1 aliphatic rings. The number of carbonyl (C=O) groups is 1. The van der Waals surface area contributed by atoms with Crippen LogP contribution in [0.3, 0.4) is 0 Å². The Labute approximate surface area is 123 Å². The van der Waals surface area contributed by atoms with Gasteiger partial charge in [0.1, 0.15) is 5.69 Å². The zero-order valence-corrected chi connectivity index (χ0v) is 12.2. The Kier molecular flexibility index (Phi) is 4.86. The molecule has 2 heterocycles. The highest BCUT2D eigenvalue weighted by molar-refractivity contribution is 7.80. The molecule has 0 radical (unpaired) electrons. The molecule has 2 N–H and O–H groups in total. The van der Waals surface area contributed by atoms with Crippen molar-refractivity contribution < 1.29 is 9.53 Å². The maximum atomic E-state index is 11.5. The minimum Gasteiger partial charge on any atom is -0.464 e. The van der Waals surface area contributed by atoms with E-state index in [2.05, 4.69) is 19.5 Å². The van der Waals surface area contributed by atoms with Gasteiger partial charge in [0.15, 0.2) is 0 Å². The number of thiocarbonyl (C=S) groups is 1. The second kappa shape index (κ2) is 6.62. The van der Waals surface area contributed by atoms with Crippen LogP contribution >= 0.6 is 12.2 Å². The van der Waals surface area contributed by atoms with Crippen molar-refractivity contribution in [1.29, 1.82) is 0 Å². The highest BCUT2D eigenvalue weighted by Crippen LogP contribution is 2.17. The SMILES string of the molecule is COC(=O)c1cc(N2CCN(CC(N)=S)CC2)ccn1. The number of hydrogen-bond acceptors (Lipinski definition) is 6. The van der Waals surface area contributed by atoms with Crippen molar-refractivity contribution in [3.63, 3.8) is 0 Å². The van der Waals surface area contributed by atoms with Crippen molar-refractivity contribution in [2.45, 2.75) is 0 Å². The molecule has 108 valence electrons. The Morgan fingerprint density at radius 1 is 1.45 bits per heavy atom. The van der Waals surface area contributed by atoms with Crippen molar-refractivity contribution >= 4 is 28.9 Å². The summed E-state index contributed by atoms with van der Waals surface area (Å²) in [4.78, 5) is 20.5. The summed E-state index contributed by atoms with van der Waals surface area (Å²) in [5.74, 6) is -0.418. The number of anilines is 1. The number of piperazine rings is 1. The second-order valence-electron chi connectivity index (χ2n) is 4.62. The Hall–Kier alpha value is -1.73. The standard InChI is InChI=1S/C13H18N4O2S/c1-19-13(18)11-8-10(2-3-15-11)17-6-4-16(5-7-17)9-12(14)20/h2-3,8H,4-7,9H2,1H3,(H2,14,20). The number of nitrogens with zero attached hydrogens (tertiary/aromatic N) is 3. The molecule has 0 unspecified atom stereocenters. The van der Waals surface area contributed by atoms with E-state index in [-0.39, 0.29) is 0 Å². The Bertz CT molecular complexity index is 501. The van der Waals surface area contributed by atoms with Crippen molar-refractivity contribution in [3.8, 4) is 0 Å². The Balaban J connectivity index is 2.00. The third-order valence-corrected chi connectivity index (χ3v) is 3.38. The smallest absolute Gasteiger partial charge is 0.356 e. The van der Waals surface area contributed by atoms with Crippen LogP contribution in [0.5, 0.6) is 0 Å². The fourth-order valence-electron chi connectivity index (χ4n) is 2.22. The van der Waals surface area contributed by atoms with Crippen LogP contribution < -0.4 is 10.6 Å². The first-order valence-electron chi connectivity index (χ1n) is 6.40. The zero-order valence-electron chi connectivity index (χ0n) is 11.4. The van der Waals surface area contributed by atoms with E-state index in [0.29, 0.717) is 17.2 Å². The molecule has 0 atom stereocenters. The fraction of sp³-hybridized carbons (Fsp3) is 0.462. The van der Waals surface area contributed by atoms with Crippen molar-refractivity contribution in [2.75, 3.05) is 44.7 Å². The minimum absolute atomic E-state index is 0.329. The average molecular weight is 294 g/mol. The molecule has 1 aromatic rings. The molecule has 0 amide bonds.